The molecule has 5 aliphatic rings. The molecular formula is C24H36O4. The van der Waals surface area contributed by atoms with Gasteiger partial charge in [-0.1, -0.05) is 20.8 Å². The molecule has 4 heteroatoms. The van der Waals surface area contributed by atoms with E-state index in [1.807, 2.05) is 0 Å². The average Bonchev–Trinajstić information content (AvgIpc) is 3.08. The van der Waals surface area contributed by atoms with Crippen LogP contribution in [-0.2, 0) is 19.1 Å². The molecule has 10 atom stereocenters. The summed E-state index contributed by atoms with van der Waals surface area (Å²) >= 11 is 0. The zero-order valence-electron chi connectivity index (χ0n) is 17.9. The predicted octanol–water partition coefficient (Wildman–Crippen LogP) is 4.75. The van der Waals surface area contributed by atoms with E-state index in [2.05, 4.69) is 20.8 Å². The van der Waals surface area contributed by atoms with Gasteiger partial charge in [-0.15, -0.1) is 0 Å². The van der Waals surface area contributed by atoms with Crippen LogP contribution < -0.4 is 0 Å². The van der Waals surface area contributed by atoms with Crippen LogP contribution in [0.5, 0.6) is 0 Å². The molecule has 0 N–H and O–H groups in total. The van der Waals surface area contributed by atoms with Gasteiger partial charge in [0.1, 0.15) is 12.2 Å². The van der Waals surface area contributed by atoms with Crippen molar-refractivity contribution in [1.29, 1.82) is 0 Å². The molecule has 1 heterocycles. The Morgan fingerprint density at radius 3 is 2.54 bits per heavy atom. The van der Waals surface area contributed by atoms with E-state index in [0.717, 1.165) is 31.1 Å². The lowest BCUT2D eigenvalue weighted by Gasteiger charge is -2.61. The zero-order valence-corrected chi connectivity index (χ0v) is 17.9. The highest BCUT2D eigenvalue weighted by Gasteiger charge is 2.66. The van der Waals surface area contributed by atoms with Crippen LogP contribution in [0.25, 0.3) is 0 Å². The quantitative estimate of drug-likeness (QED) is 0.608. The van der Waals surface area contributed by atoms with Crippen molar-refractivity contribution < 1.29 is 19.1 Å². The summed E-state index contributed by atoms with van der Waals surface area (Å²) in [4.78, 5) is 23.6. The van der Waals surface area contributed by atoms with Gasteiger partial charge in [-0.05, 0) is 85.9 Å². The highest BCUT2D eigenvalue weighted by molar-refractivity contribution is 5.75. The Morgan fingerprint density at radius 2 is 1.79 bits per heavy atom. The fraction of sp³-hybridized carbons (Fsp3) is 0.917. The molecule has 5 fully saturated rings. The summed E-state index contributed by atoms with van der Waals surface area (Å²) in [5.74, 6) is 3.37. The third-order valence-corrected chi connectivity index (χ3v) is 10.2. The number of carbonyl (C=O) groups excluding carboxylic acids is 2. The van der Waals surface area contributed by atoms with Crippen LogP contribution in [0, 0.1) is 46.3 Å². The lowest BCUT2D eigenvalue weighted by molar-refractivity contribution is -0.160. The Balaban J connectivity index is 1.37. The third-order valence-electron chi connectivity index (χ3n) is 10.2. The Kier molecular flexibility index (Phi) is 4.21. The SMILES string of the molecule is CC(=O)OC1CCC2(C)C(CCC3C2CCC2(C)C3CC3OC(=O)C(C)C32)C1. The Morgan fingerprint density at radius 1 is 1.04 bits per heavy atom. The van der Waals surface area contributed by atoms with Gasteiger partial charge in [0.25, 0.3) is 0 Å². The summed E-state index contributed by atoms with van der Waals surface area (Å²) in [7, 11) is 0. The molecule has 1 aliphatic heterocycles. The molecule has 0 spiro atoms. The van der Waals surface area contributed by atoms with Crippen LogP contribution in [0.15, 0.2) is 0 Å². The molecule has 5 rings (SSSR count). The highest BCUT2D eigenvalue weighted by Crippen LogP contribution is 2.69. The second-order valence-corrected chi connectivity index (χ2v) is 11.2. The topological polar surface area (TPSA) is 52.6 Å². The van der Waals surface area contributed by atoms with Crippen LogP contribution in [0.4, 0.5) is 0 Å². The molecule has 156 valence electrons. The molecular weight excluding hydrogens is 352 g/mol. The van der Waals surface area contributed by atoms with Gasteiger partial charge < -0.3 is 9.47 Å². The van der Waals surface area contributed by atoms with Gasteiger partial charge in [0.05, 0.1) is 5.92 Å². The van der Waals surface area contributed by atoms with E-state index in [9.17, 15) is 9.59 Å². The van der Waals surface area contributed by atoms with E-state index in [1.54, 1.807) is 0 Å². The van der Waals surface area contributed by atoms with Crippen molar-refractivity contribution in [2.45, 2.75) is 91.3 Å². The first-order valence-corrected chi connectivity index (χ1v) is 11.6. The molecule has 1 saturated heterocycles. The maximum absolute atomic E-state index is 12.2. The molecule has 0 bridgehead atoms. The summed E-state index contributed by atoms with van der Waals surface area (Å²) in [6.45, 7) is 8.65. The average molecular weight is 389 g/mol. The third kappa shape index (κ3) is 2.48. The lowest BCUT2D eigenvalue weighted by Crippen LogP contribution is -2.54. The minimum Gasteiger partial charge on any atom is -0.463 e. The monoisotopic (exact) mass is 388 g/mol. The molecule has 0 aromatic carbocycles. The number of hydrogen-bond donors (Lipinski definition) is 0. The summed E-state index contributed by atoms with van der Waals surface area (Å²) in [6.07, 6.45) is 9.79. The van der Waals surface area contributed by atoms with Crippen molar-refractivity contribution in [2.24, 2.45) is 46.3 Å². The Hall–Kier alpha value is -1.06. The molecule has 4 aliphatic carbocycles. The summed E-state index contributed by atoms with van der Waals surface area (Å²) < 4.78 is 11.4. The van der Waals surface area contributed by atoms with Crippen LogP contribution in [-0.4, -0.2) is 24.1 Å². The molecule has 0 radical (unpaired) electrons. The van der Waals surface area contributed by atoms with Gasteiger partial charge in [-0.25, -0.2) is 0 Å². The fourth-order valence-electron chi connectivity index (χ4n) is 9.01. The zero-order chi connectivity index (χ0) is 19.8. The van der Waals surface area contributed by atoms with E-state index >= 15 is 0 Å². The molecule has 28 heavy (non-hydrogen) atoms. The van der Waals surface area contributed by atoms with Crippen molar-refractivity contribution in [2.75, 3.05) is 0 Å². The number of esters is 2. The first kappa shape index (κ1) is 18.9. The standard InChI is InChI=1S/C24H36O4/c1-13-21-20(28-22(13)26)12-19-17-6-5-15-11-16(27-14(2)25)7-9-23(15,3)18(17)8-10-24(19,21)4/h13,15-21H,5-12H2,1-4H3. The molecule has 0 amide bonds. The fourth-order valence-corrected chi connectivity index (χ4v) is 9.01. The number of ether oxygens (including phenoxy) is 2. The minimum absolute atomic E-state index is 0.0382. The number of hydrogen-bond acceptors (Lipinski definition) is 4. The number of rotatable bonds is 1. The van der Waals surface area contributed by atoms with Gasteiger partial charge >= 0.3 is 11.9 Å². The molecule has 0 aromatic heterocycles. The van der Waals surface area contributed by atoms with Gasteiger partial charge in [0.2, 0.25) is 0 Å². The summed E-state index contributed by atoms with van der Waals surface area (Å²) in [6, 6.07) is 0. The first-order chi connectivity index (χ1) is 13.2. The Bertz CT molecular complexity index is 688. The van der Waals surface area contributed by atoms with Gasteiger partial charge in [0, 0.05) is 12.8 Å². The molecule has 4 saturated carbocycles. The number of fused-ring (bicyclic) bond motifs is 7. The van der Waals surface area contributed by atoms with Crippen LogP contribution in [0.3, 0.4) is 0 Å². The van der Waals surface area contributed by atoms with Gasteiger partial charge in [0.15, 0.2) is 0 Å². The van der Waals surface area contributed by atoms with Crippen molar-refractivity contribution in [3.8, 4) is 0 Å². The van der Waals surface area contributed by atoms with E-state index in [0.29, 0.717) is 23.2 Å². The maximum atomic E-state index is 12.2. The van der Waals surface area contributed by atoms with Crippen LogP contribution >= 0.6 is 0 Å². The van der Waals surface area contributed by atoms with Gasteiger partial charge in [-0.2, -0.15) is 0 Å². The Labute approximate surface area is 169 Å². The predicted molar refractivity (Wildman–Crippen MR) is 105 cm³/mol. The normalized spacial score (nSPS) is 54.8. The summed E-state index contributed by atoms with van der Waals surface area (Å²) in [5.41, 5.74) is 0.663. The smallest absolute Gasteiger partial charge is 0.309 e. The van der Waals surface area contributed by atoms with Crippen LogP contribution in [0.1, 0.15) is 79.1 Å². The van der Waals surface area contributed by atoms with E-state index in [4.69, 9.17) is 9.47 Å². The summed E-state index contributed by atoms with van der Waals surface area (Å²) in [5, 5.41) is 0. The van der Waals surface area contributed by atoms with Gasteiger partial charge in [-0.3, -0.25) is 9.59 Å². The second kappa shape index (κ2) is 6.22. The van der Waals surface area contributed by atoms with E-state index in [-0.39, 0.29) is 35.5 Å². The maximum Gasteiger partial charge on any atom is 0.309 e. The second-order valence-electron chi connectivity index (χ2n) is 11.2. The van der Waals surface area contributed by atoms with Crippen molar-refractivity contribution in [3.05, 3.63) is 0 Å². The number of carbonyl (C=O) groups is 2. The van der Waals surface area contributed by atoms with Crippen molar-refractivity contribution in [1.82, 2.24) is 0 Å². The van der Waals surface area contributed by atoms with E-state index in [1.165, 1.54) is 39.0 Å². The minimum atomic E-state index is -0.128. The molecule has 0 aromatic rings. The largest absolute Gasteiger partial charge is 0.463 e. The van der Waals surface area contributed by atoms with Crippen molar-refractivity contribution >= 4 is 11.9 Å². The van der Waals surface area contributed by atoms with E-state index < -0.39 is 0 Å². The molecule has 10 unspecified atom stereocenters. The first-order valence-electron chi connectivity index (χ1n) is 11.6. The van der Waals surface area contributed by atoms with Crippen LogP contribution in [0.2, 0.25) is 0 Å². The van der Waals surface area contributed by atoms with Crippen molar-refractivity contribution in [3.63, 3.8) is 0 Å². The lowest BCUT2D eigenvalue weighted by atomic mass is 9.44. The molecule has 4 nitrogen and oxygen atoms in total. The highest BCUT2D eigenvalue weighted by atomic mass is 16.6.